The van der Waals surface area contributed by atoms with Crippen LogP contribution >= 0.6 is 0 Å². The molecule has 158 valence electrons. The van der Waals surface area contributed by atoms with Gasteiger partial charge < -0.3 is 19.4 Å². The number of halogens is 1. The molecule has 0 amide bonds. The van der Waals surface area contributed by atoms with Gasteiger partial charge in [0, 0.05) is 42.5 Å². The summed E-state index contributed by atoms with van der Waals surface area (Å²) in [4.78, 5) is 12.1. The van der Waals surface area contributed by atoms with Crippen LogP contribution < -0.4 is 25.8 Å². The van der Waals surface area contributed by atoms with E-state index in [0.717, 1.165) is 11.9 Å². The van der Waals surface area contributed by atoms with Gasteiger partial charge >= 0.3 is 0 Å². The van der Waals surface area contributed by atoms with Gasteiger partial charge in [-0.2, -0.15) is 0 Å². The van der Waals surface area contributed by atoms with Crippen molar-refractivity contribution in [3.63, 3.8) is 0 Å². The Bertz CT molecular complexity index is 1340. The average Bonchev–Trinajstić information content (AvgIpc) is 3.19. The Morgan fingerprint density at radius 3 is 2.71 bits per heavy atom. The maximum Gasteiger partial charge on any atom is 0.250 e. The molecule has 0 aliphatic carbocycles. The lowest BCUT2D eigenvalue weighted by molar-refractivity contribution is 0.248. The lowest BCUT2D eigenvalue weighted by Crippen LogP contribution is -2.26. The van der Waals surface area contributed by atoms with Gasteiger partial charge in [-0.15, -0.1) is 0 Å². The predicted octanol–water partition coefficient (Wildman–Crippen LogP) is 2.41. The monoisotopic (exact) mass is 421 g/mol. The fraction of sp³-hybridized carbons (Fsp3) is 0.227. The quantitative estimate of drug-likeness (QED) is 0.437. The van der Waals surface area contributed by atoms with Crippen LogP contribution in [0.1, 0.15) is 17.0 Å². The molecule has 8 nitrogen and oxygen atoms in total. The smallest absolute Gasteiger partial charge is 0.250 e. The van der Waals surface area contributed by atoms with Gasteiger partial charge in [-0.05, 0) is 29.8 Å². The van der Waals surface area contributed by atoms with Crippen LogP contribution in [0, 0.1) is 16.6 Å². The first-order valence-corrected chi connectivity index (χ1v) is 9.80. The van der Waals surface area contributed by atoms with Crippen molar-refractivity contribution >= 4 is 12.2 Å². The summed E-state index contributed by atoms with van der Waals surface area (Å²) in [6.45, 7) is 0.803. The molecule has 0 unspecified atom stereocenters. The highest BCUT2D eigenvalue weighted by Gasteiger charge is 2.31. The van der Waals surface area contributed by atoms with E-state index in [1.807, 2.05) is 0 Å². The number of ether oxygens (including phenoxy) is 2. The molecule has 31 heavy (non-hydrogen) atoms. The van der Waals surface area contributed by atoms with Crippen LogP contribution in [-0.4, -0.2) is 28.7 Å². The van der Waals surface area contributed by atoms with Crippen molar-refractivity contribution in [2.24, 2.45) is 7.05 Å². The van der Waals surface area contributed by atoms with Crippen LogP contribution in [0.2, 0.25) is 0 Å². The number of rotatable bonds is 2. The van der Waals surface area contributed by atoms with Crippen LogP contribution in [0.3, 0.4) is 0 Å². The van der Waals surface area contributed by atoms with E-state index in [1.165, 1.54) is 21.3 Å². The van der Waals surface area contributed by atoms with Gasteiger partial charge in [0.25, 0.3) is 5.56 Å². The van der Waals surface area contributed by atoms with Crippen LogP contribution in [0.15, 0.2) is 41.3 Å². The van der Waals surface area contributed by atoms with Crippen LogP contribution in [0.4, 0.5) is 10.2 Å². The molecule has 0 saturated heterocycles. The van der Waals surface area contributed by atoms with Gasteiger partial charge in [0.15, 0.2) is 11.6 Å². The molecule has 1 atom stereocenters. The molecule has 0 radical (unpaired) electrons. The predicted molar refractivity (Wildman–Crippen MR) is 113 cm³/mol. The number of nitrogens with zero attached hydrogens (tertiary/aromatic N) is 2. The third kappa shape index (κ3) is 3.00. The molecule has 0 spiro atoms. The lowest BCUT2D eigenvalue weighted by Gasteiger charge is -2.19. The molecule has 0 fully saturated rings. The third-order valence-electron chi connectivity index (χ3n) is 5.77. The molecule has 2 aliphatic heterocycles. The molecular weight excluding hydrogens is 401 g/mol. The Morgan fingerprint density at radius 2 is 1.97 bits per heavy atom. The van der Waals surface area contributed by atoms with E-state index in [9.17, 15) is 9.18 Å². The average molecular weight is 421 g/mol. The van der Waals surface area contributed by atoms with Crippen molar-refractivity contribution in [3.05, 3.63) is 69.3 Å². The van der Waals surface area contributed by atoms with E-state index < -0.39 is 0 Å². The summed E-state index contributed by atoms with van der Waals surface area (Å²) in [6, 6.07) is 7.88. The van der Waals surface area contributed by atoms with Crippen LogP contribution in [0.25, 0.3) is 11.1 Å². The second-order valence-corrected chi connectivity index (χ2v) is 7.59. The second-order valence-electron chi connectivity index (χ2n) is 7.59. The van der Waals surface area contributed by atoms with Crippen LogP contribution in [-0.2, 0) is 13.6 Å². The molecule has 5 rings (SSSR count). The van der Waals surface area contributed by atoms with Crippen molar-refractivity contribution in [1.29, 1.82) is 10.8 Å². The Kier molecular flexibility index (Phi) is 4.39. The maximum atomic E-state index is 14.6. The maximum absolute atomic E-state index is 14.6. The number of nitrogens with one attached hydrogen (secondary N) is 3. The number of fused-ring (bicyclic) bond motifs is 1. The standard InChI is InChI=1S/C22H20FN5O3/c1-27-5-4-12(6-19(27)29)14-7-18-22(28(11-24)21(14)25)26-8-15-16(23)2-3-17-20(15)13(9-30-17)10-31-18/h2-7,11,13,24-26H,8-10H2,1H3/t13-/m1/s1. The van der Waals surface area contributed by atoms with Gasteiger partial charge in [-0.3, -0.25) is 20.2 Å². The van der Waals surface area contributed by atoms with Gasteiger partial charge in [0.05, 0.1) is 25.5 Å². The zero-order valence-electron chi connectivity index (χ0n) is 16.7. The molecule has 2 aliphatic rings. The fourth-order valence-corrected chi connectivity index (χ4v) is 4.11. The van der Waals surface area contributed by atoms with Crippen molar-refractivity contribution < 1.29 is 13.9 Å². The van der Waals surface area contributed by atoms with Gasteiger partial charge in [0.2, 0.25) is 0 Å². The number of aromatic nitrogens is 2. The minimum absolute atomic E-state index is 0.0128. The zero-order chi connectivity index (χ0) is 21.7. The first kappa shape index (κ1) is 19.1. The Hall–Kier alpha value is -3.88. The lowest BCUT2D eigenvalue weighted by atomic mass is 9.96. The summed E-state index contributed by atoms with van der Waals surface area (Å²) in [7, 11) is 1.65. The van der Waals surface area contributed by atoms with E-state index in [2.05, 4.69) is 5.32 Å². The molecule has 0 bridgehead atoms. The van der Waals surface area contributed by atoms with E-state index in [1.54, 1.807) is 31.4 Å². The largest absolute Gasteiger partial charge is 0.493 e. The summed E-state index contributed by atoms with van der Waals surface area (Å²) in [6.07, 6.45) is 2.63. The summed E-state index contributed by atoms with van der Waals surface area (Å²) in [5.41, 5.74) is 2.10. The van der Waals surface area contributed by atoms with Crippen LogP contribution in [0.5, 0.6) is 11.5 Å². The van der Waals surface area contributed by atoms with E-state index >= 15 is 0 Å². The van der Waals surface area contributed by atoms with Gasteiger partial charge in [-0.25, -0.2) is 4.39 Å². The summed E-state index contributed by atoms with van der Waals surface area (Å²) >= 11 is 0. The Labute approximate surface area is 176 Å². The first-order valence-electron chi connectivity index (χ1n) is 9.80. The fourth-order valence-electron chi connectivity index (χ4n) is 4.11. The highest BCUT2D eigenvalue weighted by Crippen LogP contribution is 2.40. The molecule has 0 saturated carbocycles. The molecule has 1 aromatic carbocycles. The molecular formula is C22H20FN5O3. The first-order chi connectivity index (χ1) is 15.0. The normalized spacial score (nSPS) is 16.5. The number of anilines is 1. The topological polar surface area (TPSA) is 105 Å². The van der Waals surface area contributed by atoms with E-state index in [0.29, 0.717) is 40.6 Å². The van der Waals surface area contributed by atoms with Crippen molar-refractivity contribution in [1.82, 2.24) is 9.13 Å². The highest BCUT2D eigenvalue weighted by molar-refractivity contribution is 5.74. The minimum Gasteiger partial charge on any atom is -0.493 e. The Balaban J connectivity index is 1.67. The molecule has 3 N–H and O–H groups in total. The minimum atomic E-state index is -0.338. The number of aryl methyl sites for hydroxylation is 1. The number of hydrogen-bond acceptors (Lipinski definition) is 6. The molecule has 3 aromatic rings. The summed E-state index contributed by atoms with van der Waals surface area (Å²) in [5, 5.41) is 19.6. The second kappa shape index (κ2) is 7.12. The molecule has 9 heteroatoms. The van der Waals surface area contributed by atoms with Gasteiger partial charge in [0.1, 0.15) is 17.1 Å². The molecule has 4 heterocycles. The van der Waals surface area contributed by atoms with Crippen molar-refractivity contribution in [2.45, 2.75) is 12.5 Å². The number of pyridine rings is 2. The van der Waals surface area contributed by atoms with E-state index in [-0.39, 0.29) is 35.9 Å². The zero-order valence-corrected chi connectivity index (χ0v) is 16.7. The van der Waals surface area contributed by atoms with Crippen molar-refractivity contribution in [2.75, 3.05) is 18.5 Å². The highest BCUT2D eigenvalue weighted by atomic mass is 19.1. The third-order valence-corrected chi connectivity index (χ3v) is 5.77. The number of benzene rings is 1. The van der Waals surface area contributed by atoms with Gasteiger partial charge in [-0.1, -0.05) is 0 Å². The Morgan fingerprint density at radius 1 is 1.19 bits per heavy atom. The summed E-state index contributed by atoms with van der Waals surface area (Å²) < 4.78 is 29.2. The molecule has 2 aromatic heterocycles. The SMILES string of the molecule is Cn1ccc(-c2cc3c(n(C=N)c2=N)NCc2c(F)ccc4c2[C@H](CO4)CO3)cc1=O. The van der Waals surface area contributed by atoms with E-state index in [4.69, 9.17) is 20.3 Å². The number of hydrogen-bond donors (Lipinski definition) is 3. The van der Waals surface area contributed by atoms with Crippen molar-refractivity contribution in [3.8, 4) is 22.6 Å². The summed E-state index contributed by atoms with van der Waals surface area (Å²) in [5.74, 6) is 0.974.